The molecular weight excluding hydrogens is 238 g/mol. The Bertz CT molecular complexity index is 399. The van der Waals surface area contributed by atoms with Gasteiger partial charge in [0.2, 0.25) is 0 Å². The molecule has 5 nitrogen and oxygen atoms in total. The Hall–Kier alpha value is -1.20. The molecule has 0 unspecified atom stereocenters. The van der Waals surface area contributed by atoms with Gasteiger partial charge in [-0.05, 0) is 39.8 Å². The van der Waals surface area contributed by atoms with Crippen molar-refractivity contribution in [2.75, 3.05) is 44.2 Å². The zero-order valence-corrected chi connectivity index (χ0v) is 12.1. The average Bonchev–Trinajstić information content (AvgIpc) is 2.43. The molecule has 0 saturated carbocycles. The molecule has 2 rings (SSSR count). The van der Waals surface area contributed by atoms with Crippen LogP contribution in [0.1, 0.15) is 24.2 Å². The number of piperazine rings is 1. The molecule has 106 valence electrons. The quantitative estimate of drug-likeness (QED) is 0.802. The molecule has 1 aliphatic rings. The maximum atomic E-state index is 5.53. The first-order valence-corrected chi connectivity index (χ1v) is 7.18. The number of nitrogens with two attached hydrogens (primary N) is 1. The van der Waals surface area contributed by atoms with E-state index in [1.54, 1.807) is 0 Å². The van der Waals surface area contributed by atoms with Crippen LogP contribution in [0.4, 0.5) is 5.82 Å². The summed E-state index contributed by atoms with van der Waals surface area (Å²) in [5.41, 5.74) is 7.57. The second-order valence-electron chi connectivity index (χ2n) is 5.22. The van der Waals surface area contributed by atoms with E-state index in [1.807, 2.05) is 20.0 Å². The first-order valence-electron chi connectivity index (χ1n) is 7.18. The summed E-state index contributed by atoms with van der Waals surface area (Å²) in [5, 5.41) is 0. The zero-order valence-electron chi connectivity index (χ0n) is 12.1. The molecule has 1 aromatic heterocycles. The molecule has 0 radical (unpaired) electrons. The minimum Gasteiger partial charge on any atom is -0.353 e. The Kier molecular flexibility index (Phi) is 5.10. The summed E-state index contributed by atoms with van der Waals surface area (Å²) in [6.45, 7) is 10.3. The summed E-state index contributed by atoms with van der Waals surface area (Å²) in [4.78, 5) is 13.9. The van der Waals surface area contributed by atoms with Crippen molar-refractivity contribution in [3.8, 4) is 0 Å². The highest BCUT2D eigenvalue weighted by atomic mass is 15.3. The van der Waals surface area contributed by atoms with E-state index in [4.69, 9.17) is 5.73 Å². The van der Waals surface area contributed by atoms with E-state index in [0.29, 0.717) is 0 Å². The molecule has 0 bridgehead atoms. The van der Waals surface area contributed by atoms with E-state index in [-0.39, 0.29) is 0 Å². The normalized spacial score (nSPS) is 16.9. The first kappa shape index (κ1) is 14.2. The van der Waals surface area contributed by atoms with Gasteiger partial charge in [-0.15, -0.1) is 0 Å². The van der Waals surface area contributed by atoms with Crippen molar-refractivity contribution in [2.45, 2.75) is 26.7 Å². The minimum atomic E-state index is 0.804. The maximum absolute atomic E-state index is 5.53. The van der Waals surface area contributed by atoms with Gasteiger partial charge in [0.1, 0.15) is 5.82 Å². The Morgan fingerprint density at radius 2 is 1.84 bits per heavy atom. The van der Waals surface area contributed by atoms with Crippen molar-refractivity contribution in [3.63, 3.8) is 0 Å². The molecule has 0 aromatic carbocycles. The van der Waals surface area contributed by atoms with Crippen LogP contribution >= 0.6 is 0 Å². The highest BCUT2D eigenvalue weighted by Crippen LogP contribution is 2.14. The van der Waals surface area contributed by atoms with Crippen molar-refractivity contribution in [1.82, 2.24) is 14.9 Å². The van der Waals surface area contributed by atoms with Gasteiger partial charge < -0.3 is 10.6 Å². The lowest BCUT2D eigenvalue weighted by atomic mass is 10.2. The standard InChI is InChI=1S/C14H25N5/c1-12-13(2)17-14(11-16-12)19-9-7-18(8-10-19)6-4-3-5-15/h11H,3-10,15H2,1-2H3. The van der Waals surface area contributed by atoms with Crippen LogP contribution in [0, 0.1) is 13.8 Å². The van der Waals surface area contributed by atoms with Gasteiger partial charge in [-0.2, -0.15) is 0 Å². The molecule has 0 atom stereocenters. The van der Waals surface area contributed by atoms with Crippen LogP contribution < -0.4 is 10.6 Å². The molecule has 5 heteroatoms. The van der Waals surface area contributed by atoms with Gasteiger partial charge >= 0.3 is 0 Å². The van der Waals surface area contributed by atoms with Crippen molar-refractivity contribution >= 4 is 5.82 Å². The SMILES string of the molecule is Cc1ncc(N2CCN(CCCCN)CC2)nc1C. The fourth-order valence-electron chi connectivity index (χ4n) is 2.36. The van der Waals surface area contributed by atoms with Crippen LogP contribution in [0.3, 0.4) is 0 Å². The molecule has 1 aromatic rings. The first-order chi connectivity index (χ1) is 9.20. The number of aromatic nitrogens is 2. The van der Waals surface area contributed by atoms with Crippen LogP contribution in [0.25, 0.3) is 0 Å². The van der Waals surface area contributed by atoms with E-state index in [9.17, 15) is 0 Å². The van der Waals surface area contributed by atoms with Crippen molar-refractivity contribution in [3.05, 3.63) is 17.6 Å². The third-order valence-corrected chi connectivity index (χ3v) is 3.80. The number of rotatable bonds is 5. The van der Waals surface area contributed by atoms with Gasteiger partial charge in [-0.25, -0.2) is 4.98 Å². The Balaban J connectivity index is 1.84. The fraction of sp³-hybridized carbons (Fsp3) is 0.714. The monoisotopic (exact) mass is 263 g/mol. The second-order valence-corrected chi connectivity index (χ2v) is 5.22. The van der Waals surface area contributed by atoms with Crippen LogP contribution in [-0.4, -0.2) is 54.1 Å². The van der Waals surface area contributed by atoms with E-state index in [2.05, 4.69) is 19.8 Å². The molecule has 0 aliphatic carbocycles. The topological polar surface area (TPSA) is 58.3 Å². The third-order valence-electron chi connectivity index (χ3n) is 3.80. The largest absolute Gasteiger partial charge is 0.353 e. The molecule has 1 saturated heterocycles. The van der Waals surface area contributed by atoms with Crippen molar-refractivity contribution in [2.24, 2.45) is 5.73 Å². The summed E-state index contributed by atoms with van der Waals surface area (Å²) in [6.07, 6.45) is 4.23. The number of aryl methyl sites for hydroxylation is 2. The lowest BCUT2D eigenvalue weighted by Gasteiger charge is -2.35. The summed E-state index contributed by atoms with van der Waals surface area (Å²) < 4.78 is 0. The van der Waals surface area contributed by atoms with Crippen molar-refractivity contribution in [1.29, 1.82) is 0 Å². The smallest absolute Gasteiger partial charge is 0.147 e. The van der Waals surface area contributed by atoms with Gasteiger partial charge in [0, 0.05) is 26.2 Å². The molecular formula is C14H25N5. The molecule has 1 fully saturated rings. The molecule has 0 amide bonds. The van der Waals surface area contributed by atoms with Crippen LogP contribution in [-0.2, 0) is 0 Å². The summed E-state index contributed by atoms with van der Waals surface area (Å²) in [7, 11) is 0. The molecule has 0 spiro atoms. The number of anilines is 1. The highest BCUT2D eigenvalue weighted by molar-refractivity contribution is 5.38. The summed E-state index contributed by atoms with van der Waals surface area (Å²) in [5.74, 6) is 1.02. The van der Waals surface area contributed by atoms with Gasteiger partial charge in [-0.3, -0.25) is 9.88 Å². The number of unbranched alkanes of at least 4 members (excludes halogenated alkanes) is 1. The molecule has 2 heterocycles. The highest BCUT2D eigenvalue weighted by Gasteiger charge is 2.18. The van der Waals surface area contributed by atoms with E-state index < -0.39 is 0 Å². The number of nitrogens with zero attached hydrogens (tertiary/aromatic N) is 4. The van der Waals surface area contributed by atoms with Gasteiger partial charge in [-0.1, -0.05) is 0 Å². The third kappa shape index (κ3) is 3.88. The van der Waals surface area contributed by atoms with E-state index >= 15 is 0 Å². The number of hydrogen-bond donors (Lipinski definition) is 1. The average molecular weight is 263 g/mol. The molecule has 1 aliphatic heterocycles. The van der Waals surface area contributed by atoms with E-state index in [0.717, 1.165) is 56.4 Å². The number of hydrogen-bond acceptors (Lipinski definition) is 5. The molecule has 2 N–H and O–H groups in total. The lowest BCUT2D eigenvalue weighted by molar-refractivity contribution is 0.253. The maximum Gasteiger partial charge on any atom is 0.147 e. The Morgan fingerprint density at radius 1 is 1.11 bits per heavy atom. The van der Waals surface area contributed by atoms with E-state index in [1.165, 1.54) is 13.0 Å². The fourth-order valence-corrected chi connectivity index (χ4v) is 2.36. The van der Waals surface area contributed by atoms with Crippen LogP contribution in [0.5, 0.6) is 0 Å². The van der Waals surface area contributed by atoms with Gasteiger partial charge in [0.15, 0.2) is 0 Å². The van der Waals surface area contributed by atoms with Crippen LogP contribution in [0.2, 0.25) is 0 Å². The van der Waals surface area contributed by atoms with Crippen molar-refractivity contribution < 1.29 is 0 Å². The Labute approximate surface area is 115 Å². The Morgan fingerprint density at radius 3 is 2.47 bits per heavy atom. The predicted octanol–water partition coefficient (Wildman–Crippen LogP) is 0.954. The minimum absolute atomic E-state index is 0.804. The predicted molar refractivity (Wildman–Crippen MR) is 78.4 cm³/mol. The molecule has 19 heavy (non-hydrogen) atoms. The lowest BCUT2D eigenvalue weighted by Crippen LogP contribution is -2.47. The second kappa shape index (κ2) is 6.82. The van der Waals surface area contributed by atoms with Gasteiger partial charge in [0.05, 0.1) is 17.6 Å². The summed E-state index contributed by atoms with van der Waals surface area (Å²) >= 11 is 0. The zero-order chi connectivity index (χ0) is 13.7. The van der Waals surface area contributed by atoms with Crippen LogP contribution in [0.15, 0.2) is 6.20 Å². The summed E-state index contributed by atoms with van der Waals surface area (Å²) in [6, 6.07) is 0. The van der Waals surface area contributed by atoms with Gasteiger partial charge in [0.25, 0.3) is 0 Å².